The molecule has 0 aliphatic carbocycles. The van der Waals surface area contributed by atoms with Crippen molar-refractivity contribution in [3.8, 4) is 5.88 Å². The molecule has 6 nitrogen and oxygen atoms in total. The largest absolute Gasteiger partial charge is 0.481 e. The van der Waals surface area contributed by atoms with Crippen LogP contribution in [-0.2, 0) is 4.79 Å². The monoisotopic (exact) mass is 279 g/mol. The Labute approximate surface area is 118 Å². The van der Waals surface area contributed by atoms with Gasteiger partial charge in [-0.15, -0.1) is 0 Å². The zero-order valence-corrected chi connectivity index (χ0v) is 12.1. The molecule has 1 N–H and O–H groups in total. The second-order valence-corrected chi connectivity index (χ2v) is 5.46. The molecule has 20 heavy (non-hydrogen) atoms. The zero-order chi connectivity index (χ0) is 14.7. The fourth-order valence-electron chi connectivity index (χ4n) is 2.47. The number of carbonyl (C=O) groups is 1. The summed E-state index contributed by atoms with van der Waals surface area (Å²) in [5, 5.41) is 9.09. The number of carboxylic acids is 1. The molecule has 1 fully saturated rings. The number of piperidine rings is 1. The highest BCUT2D eigenvalue weighted by Crippen LogP contribution is 2.26. The summed E-state index contributed by atoms with van der Waals surface area (Å²) in [5.74, 6) is 0.183. The highest BCUT2D eigenvalue weighted by molar-refractivity contribution is 5.70. The Morgan fingerprint density at radius 2 is 2.30 bits per heavy atom. The Hall–Kier alpha value is -1.85. The Morgan fingerprint density at radius 1 is 1.55 bits per heavy atom. The van der Waals surface area contributed by atoms with E-state index < -0.39 is 5.97 Å². The van der Waals surface area contributed by atoms with Crippen molar-refractivity contribution >= 4 is 11.9 Å². The van der Waals surface area contributed by atoms with Gasteiger partial charge in [-0.25, -0.2) is 4.98 Å². The van der Waals surface area contributed by atoms with Gasteiger partial charge in [-0.3, -0.25) is 4.79 Å². The number of aliphatic carboxylic acids is 1. The molecule has 0 spiro atoms. The SMILES string of the molecule is CC(C)Oc1ccnc(N2CCC(C(=O)O)CC2C)n1. The van der Waals surface area contributed by atoms with Crippen LogP contribution in [0.3, 0.4) is 0 Å². The van der Waals surface area contributed by atoms with Crippen molar-refractivity contribution in [2.75, 3.05) is 11.4 Å². The van der Waals surface area contributed by atoms with Crippen molar-refractivity contribution in [2.24, 2.45) is 5.92 Å². The van der Waals surface area contributed by atoms with Gasteiger partial charge in [0.25, 0.3) is 0 Å². The summed E-state index contributed by atoms with van der Waals surface area (Å²) < 4.78 is 5.57. The number of anilines is 1. The van der Waals surface area contributed by atoms with Gasteiger partial charge >= 0.3 is 5.97 Å². The van der Waals surface area contributed by atoms with E-state index in [1.807, 2.05) is 25.7 Å². The van der Waals surface area contributed by atoms with Crippen LogP contribution in [0, 0.1) is 5.92 Å². The molecule has 1 aliphatic heterocycles. The van der Waals surface area contributed by atoms with E-state index in [1.54, 1.807) is 12.3 Å². The van der Waals surface area contributed by atoms with Gasteiger partial charge in [-0.05, 0) is 33.6 Å². The van der Waals surface area contributed by atoms with Gasteiger partial charge in [0, 0.05) is 24.8 Å². The van der Waals surface area contributed by atoms with Crippen molar-refractivity contribution in [1.82, 2.24) is 9.97 Å². The Morgan fingerprint density at radius 3 is 2.90 bits per heavy atom. The van der Waals surface area contributed by atoms with Gasteiger partial charge in [-0.1, -0.05) is 0 Å². The summed E-state index contributed by atoms with van der Waals surface area (Å²) in [6.45, 7) is 6.56. The summed E-state index contributed by atoms with van der Waals surface area (Å²) in [7, 11) is 0. The van der Waals surface area contributed by atoms with Crippen molar-refractivity contribution in [3.05, 3.63) is 12.3 Å². The van der Waals surface area contributed by atoms with Gasteiger partial charge in [0.1, 0.15) is 0 Å². The lowest BCUT2D eigenvalue weighted by molar-refractivity contribution is -0.142. The van der Waals surface area contributed by atoms with E-state index in [1.165, 1.54) is 0 Å². The first-order valence-electron chi connectivity index (χ1n) is 6.96. The molecular weight excluding hydrogens is 258 g/mol. The van der Waals surface area contributed by atoms with E-state index >= 15 is 0 Å². The normalized spacial score (nSPS) is 22.9. The third-order valence-electron chi connectivity index (χ3n) is 3.46. The third-order valence-corrected chi connectivity index (χ3v) is 3.46. The number of carboxylic acid groups (broad SMARTS) is 1. The second-order valence-electron chi connectivity index (χ2n) is 5.46. The van der Waals surface area contributed by atoms with E-state index in [4.69, 9.17) is 9.84 Å². The predicted molar refractivity (Wildman–Crippen MR) is 75.0 cm³/mol. The van der Waals surface area contributed by atoms with Crippen LogP contribution in [0.25, 0.3) is 0 Å². The average molecular weight is 279 g/mol. The molecule has 0 bridgehead atoms. The number of hydrogen-bond acceptors (Lipinski definition) is 5. The molecule has 1 aromatic heterocycles. The van der Waals surface area contributed by atoms with Gasteiger partial charge in [-0.2, -0.15) is 4.98 Å². The molecule has 0 radical (unpaired) electrons. The van der Waals surface area contributed by atoms with Crippen molar-refractivity contribution in [2.45, 2.75) is 45.8 Å². The van der Waals surface area contributed by atoms with E-state index in [-0.39, 0.29) is 18.1 Å². The molecule has 0 saturated carbocycles. The van der Waals surface area contributed by atoms with Crippen LogP contribution in [0.15, 0.2) is 12.3 Å². The number of hydrogen-bond donors (Lipinski definition) is 1. The first-order chi connectivity index (χ1) is 9.47. The standard InChI is InChI=1S/C14H21N3O3/c1-9(2)20-12-4-6-15-14(16-12)17-7-5-11(13(18)19)8-10(17)3/h4,6,9-11H,5,7-8H2,1-3H3,(H,18,19). The maximum atomic E-state index is 11.0. The first-order valence-corrected chi connectivity index (χ1v) is 6.96. The van der Waals surface area contributed by atoms with Crippen LogP contribution in [0.5, 0.6) is 5.88 Å². The van der Waals surface area contributed by atoms with Crippen molar-refractivity contribution in [3.63, 3.8) is 0 Å². The van der Waals surface area contributed by atoms with Crippen LogP contribution in [-0.4, -0.2) is 39.7 Å². The van der Waals surface area contributed by atoms with Crippen LogP contribution >= 0.6 is 0 Å². The molecular formula is C14H21N3O3. The molecule has 2 atom stereocenters. The molecule has 110 valence electrons. The minimum atomic E-state index is -0.714. The first kappa shape index (κ1) is 14.6. The maximum Gasteiger partial charge on any atom is 0.306 e. The van der Waals surface area contributed by atoms with Crippen LogP contribution in [0.2, 0.25) is 0 Å². The van der Waals surface area contributed by atoms with Crippen molar-refractivity contribution < 1.29 is 14.6 Å². The van der Waals surface area contributed by atoms with E-state index in [9.17, 15) is 4.79 Å². The van der Waals surface area contributed by atoms with E-state index in [2.05, 4.69) is 9.97 Å². The zero-order valence-electron chi connectivity index (χ0n) is 12.1. The Bertz CT molecular complexity index is 478. The molecule has 6 heteroatoms. The molecule has 0 amide bonds. The van der Waals surface area contributed by atoms with Crippen LogP contribution in [0.4, 0.5) is 5.95 Å². The third kappa shape index (κ3) is 3.37. The number of rotatable bonds is 4. The fraction of sp³-hybridized carbons (Fsp3) is 0.643. The lowest BCUT2D eigenvalue weighted by Crippen LogP contribution is -2.43. The molecule has 1 aliphatic rings. The Balaban J connectivity index is 2.10. The lowest BCUT2D eigenvalue weighted by Gasteiger charge is -2.36. The summed E-state index contributed by atoms with van der Waals surface area (Å²) in [6, 6.07) is 1.84. The highest BCUT2D eigenvalue weighted by atomic mass is 16.5. The van der Waals surface area contributed by atoms with E-state index in [0.29, 0.717) is 31.2 Å². The molecule has 0 aromatic carbocycles. The summed E-state index contributed by atoms with van der Waals surface area (Å²) in [6.07, 6.45) is 2.98. The maximum absolute atomic E-state index is 11.0. The van der Waals surface area contributed by atoms with Gasteiger partial charge < -0.3 is 14.7 Å². The van der Waals surface area contributed by atoms with Gasteiger partial charge in [0.15, 0.2) is 0 Å². The molecule has 2 unspecified atom stereocenters. The van der Waals surface area contributed by atoms with E-state index in [0.717, 1.165) is 0 Å². The van der Waals surface area contributed by atoms with Crippen molar-refractivity contribution in [1.29, 1.82) is 0 Å². The second kappa shape index (κ2) is 6.07. The lowest BCUT2D eigenvalue weighted by atomic mass is 9.92. The van der Waals surface area contributed by atoms with Gasteiger partial charge in [0.2, 0.25) is 11.8 Å². The number of aromatic nitrogens is 2. The molecule has 2 rings (SSSR count). The Kier molecular flexibility index (Phi) is 4.42. The summed E-state index contributed by atoms with van der Waals surface area (Å²) >= 11 is 0. The molecule has 1 aromatic rings. The molecule has 2 heterocycles. The average Bonchev–Trinajstić information content (AvgIpc) is 2.38. The highest BCUT2D eigenvalue weighted by Gasteiger charge is 2.31. The quantitative estimate of drug-likeness (QED) is 0.908. The fourth-order valence-corrected chi connectivity index (χ4v) is 2.47. The summed E-state index contributed by atoms with van der Waals surface area (Å²) in [5.41, 5.74) is 0. The number of ether oxygens (including phenoxy) is 1. The smallest absolute Gasteiger partial charge is 0.306 e. The minimum Gasteiger partial charge on any atom is -0.481 e. The summed E-state index contributed by atoms with van der Waals surface area (Å²) in [4.78, 5) is 21.8. The molecule has 1 saturated heterocycles. The minimum absolute atomic E-state index is 0.0629. The number of nitrogens with zero attached hydrogens (tertiary/aromatic N) is 3. The van der Waals surface area contributed by atoms with Gasteiger partial charge in [0.05, 0.1) is 12.0 Å². The topological polar surface area (TPSA) is 75.5 Å². The van der Waals surface area contributed by atoms with Crippen LogP contribution in [0.1, 0.15) is 33.6 Å². The van der Waals surface area contributed by atoms with Crippen LogP contribution < -0.4 is 9.64 Å². The predicted octanol–water partition coefficient (Wildman–Crippen LogP) is 1.95.